The van der Waals surface area contributed by atoms with Crippen LogP contribution in [0.15, 0.2) is 71.6 Å². The molecule has 214 valence electrons. The fraction of sp³-hybridized carbons (Fsp3) is 0.333. The highest BCUT2D eigenvalue weighted by molar-refractivity contribution is 7.92. The van der Waals surface area contributed by atoms with Gasteiger partial charge in [0.05, 0.1) is 10.6 Å². The van der Waals surface area contributed by atoms with Gasteiger partial charge < -0.3 is 10.2 Å². The normalized spacial score (nSPS) is 12.1. The van der Waals surface area contributed by atoms with Crippen LogP contribution in [0.2, 0.25) is 5.02 Å². The number of hydrogen-bond acceptors (Lipinski definition) is 4. The van der Waals surface area contributed by atoms with Crippen molar-refractivity contribution in [3.8, 4) is 0 Å². The molecule has 0 bridgehead atoms. The van der Waals surface area contributed by atoms with Gasteiger partial charge in [0.25, 0.3) is 10.0 Å². The summed E-state index contributed by atoms with van der Waals surface area (Å²) in [5.74, 6) is -1.40. The van der Waals surface area contributed by atoms with E-state index in [1.165, 1.54) is 47.4 Å². The zero-order valence-electron chi connectivity index (χ0n) is 23.2. The van der Waals surface area contributed by atoms with Crippen LogP contribution < -0.4 is 9.62 Å². The van der Waals surface area contributed by atoms with Crippen LogP contribution in [-0.4, -0.2) is 44.3 Å². The first-order chi connectivity index (χ1) is 18.9. The maximum atomic E-state index is 13.9. The minimum Gasteiger partial charge on any atom is -0.354 e. The van der Waals surface area contributed by atoms with Crippen molar-refractivity contribution < 1.29 is 22.4 Å². The van der Waals surface area contributed by atoms with Crippen molar-refractivity contribution in [1.82, 2.24) is 10.2 Å². The Morgan fingerprint density at radius 3 is 2.27 bits per heavy atom. The highest BCUT2D eigenvalue weighted by Gasteiger charge is 2.33. The molecule has 0 radical (unpaired) electrons. The Hall–Kier alpha value is -3.43. The Labute approximate surface area is 241 Å². The van der Waals surface area contributed by atoms with Gasteiger partial charge in [0.2, 0.25) is 11.8 Å². The Bertz CT molecular complexity index is 1430. The number of halogens is 2. The third kappa shape index (κ3) is 7.82. The van der Waals surface area contributed by atoms with Crippen molar-refractivity contribution in [3.63, 3.8) is 0 Å². The highest BCUT2D eigenvalue weighted by atomic mass is 35.5. The number of sulfonamides is 1. The summed E-state index contributed by atoms with van der Waals surface area (Å²) < 4.78 is 42.5. The standard InChI is InChI=1S/C30H35ClFN3O4S/c1-5-6-17-33-30(37)23(4)34(19-24-10-13-26(32)14-11-24)29(36)20-35(28-18-25(31)12-9-22(28)3)40(38,39)27-15-7-21(2)8-16-27/h7-16,18,23H,5-6,17,19-20H2,1-4H3,(H,33,37)/t23-/m0/s1. The summed E-state index contributed by atoms with van der Waals surface area (Å²) in [5.41, 5.74) is 2.33. The molecule has 40 heavy (non-hydrogen) atoms. The van der Waals surface area contributed by atoms with E-state index in [4.69, 9.17) is 11.6 Å². The van der Waals surface area contributed by atoms with E-state index in [0.717, 1.165) is 22.7 Å². The number of unbranched alkanes of at least 4 members (excludes halogenated alkanes) is 1. The van der Waals surface area contributed by atoms with Crippen molar-refractivity contribution in [3.05, 3.63) is 94.3 Å². The van der Waals surface area contributed by atoms with Crippen molar-refractivity contribution in [2.24, 2.45) is 0 Å². The van der Waals surface area contributed by atoms with Gasteiger partial charge in [-0.2, -0.15) is 0 Å². The van der Waals surface area contributed by atoms with Crippen LogP contribution in [0.3, 0.4) is 0 Å². The summed E-state index contributed by atoms with van der Waals surface area (Å²) in [7, 11) is -4.20. The predicted octanol–water partition coefficient (Wildman–Crippen LogP) is 5.62. The highest BCUT2D eigenvalue weighted by Crippen LogP contribution is 2.30. The fourth-order valence-electron chi connectivity index (χ4n) is 4.11. The van der Waals surface area contributed by atoms with Crippen molar-refractivity contribution in [2.75, 3.05) is 17.4 Å². The Kier molecular flexibility index (Phi) is 10.7. The van der Waals surface area contributed by atoms with Gasteiger partial charge in [-0.15, -0.1) is 0 Å². The molecule has 1 atom stereocenters. The molecule has 3 aromatic rings. The number of anilines is 1. The monoisotopic (exact) mass is 587 g/mol. The quantitative estimate of drug-likeness (QED) is 0.279. The molecule has 7 nitrogen and oxygen atoms in total. The first-order valence-electron chi connectivity index (χ1n) is 13.1. The molecular weight excluding hydrogens is 553 g/mol. The Morgan fingerprint density at radius 1 is 1.00 bits per heavy atom. The summed E-state index contributed by atoms with van der Waals surface area (Å²) in [5, 5.41) is 3.14. The zero-order valence-corrected chi connectivity index (χ0v) is 24.7. The molecule has 3 rings (SSSR count). The summed E-state index contributed by atoms with van der Waals surface area (Å²) in [6, 6.07) is 15.8. The minimum absolute atomic E-state index is 0.0146. The first kappa shape index (κ1) is 31.1. The minimum atomic E-state index is -4.20. The van der Waals surface area contributed by atoms with E-state index in [-0.39, 0.29) is 23.0 Å². The van der Waals surface area contributed by atoms with Gasteiger partial charge in [0, 0.05) is 18.1 Å². The van der Waals surface area contributed by atoms with Gasteiger partial charge in [-0.3, -0.25) is 13.9 Å². The molecule has 0 aliphatic carbocycles. The van der Waals surface area contributed by atoms with Crippen LogP contribution in [0.25, 0.3) is 0 Å². The van der Waals surface area contributed by atoms with Gasteiger partial charge in [0.1, 0.15) is 18.4 Å². The lowest BCUT2D eigenvalue weighted by molar-refractivity contribution is -0.139. The number of hydrogen-bond donors (Lipinski definition) is 1. The number of benzene rings is 3. The topological polar surface area (TPSA) is 86.8 Å². The number of aryl methyl sites for hydroxylation is 2. The van der Waals surface area contributed by atoms with Crippen molar-refractivity contribution in [2.45, 2.75) is 58.0 Å². The largest absolute Gasteiger partial charge is 0.354 e. The number of rotatable bonds is 12. The average molecular weight is 588 g/mol. The molecule has 2 amide bonds. The van der Waals surface area contributed by atoms with Gasteiger partial charge in [-0.25, -0.2) is 12.8 Å². The van der Waals surface area contributed by atoms with Gasteiger partial charge >= 0.3 is 0 Å². The predicted molar refractivity (Wildman–Crippen MR) is 156 cm³/mol. The smallest absolute Gasteiger partial charge is 0.264 e. The molecule has 0 spiro atoms. The number of carbonyl (C=O) groups excluding carboxylic acids is 2. The van der Waals surface area contributed by atoms with E-state index in [1.807, 2.05) is 13.8 Å². The second-order valence-electron chi connectivity index (χ2n) is 9.72. The van der Waals surface area contributed by atoms with Crippen LogP contribution in [0.5, 0.6) is 0 Å². The molecule has 0 aliphatic heterocycles. The summed E-state index contributed by atoms with van der Waals surface area (Å²) in [4.78, 5) is 28.3. The Balaban J connectivity index is 2.04. The van der Waals surface area contributed by atoms with Crippen LogP contribution in [0.4, 0.5) is 10.1 Å². The number of amides is 2. The third-order valence-corrected chi connectivity index (χ3v) is 8.60. The second kappa shape index (κ2) is 13.8. The molecule has 1 N–H and O–H groups in total. The molecule has 0 saturated carbocycles. The van der Waals surface area contributed by atoms with Crippen LogP contribution >= 0.6 is 11.6 Å². The van der Waals surface area contributed by atoms with Gasteiger partial charge in [-0.1, -0.05) is 60.8 Å². The van der Waals surface area contributed by atoms with E-state index in [2.05, 4.69) is 5.32 Å². The second-order valence-corrected chi connectivity index (χ2v) is 12.0. The van der Waals surface area contributed by atoms with E-state index >= 15 is 0 Å². The van der Waals surface area contributed by atoms with E-state index in [9.17, 15) is 22.4 Å². The third-order valence-electron chi connectivity index (χ3n) is 6.59. The van der Waals surface area contributed by atoms with Crippen molar-refractivity contribution in [1.29, 1.82) is 0 Å². The lowest BCUT2D eigenvalue weighted by Gasteiger charge is -2.32. The lowest BCUT2D eigenvalue weighted by atomic mass is 10.1. The molecular formula is C30H35ClFN3O4S. The van der Waals surface area contributed by atoms with E-state index in [0.29, 0.717) is 22.7 Å². The first-order valence-corrected chi connectivity index (χ1v) is 14.9. The zero-order chi connectivity index (χ0) is 29.4. The number of carbonyl (C=O) groups is 2. The van der Waals surface area contributed by atoms with Crippen LogP contribution in [0.1, 0.15) is 43.4 Å². The number of nitrogens with one attached hydrogen (secondary N) is 1. The van der Waals surface area contributed by atoms with E-state index in [1.54, 1.807) is 38.1 Å². The van der Waals surface area contributed by atoms with Gasteiger partial charge in [-0.05, 0) is 74.7 Å². The van der Waals surface area contributed by atoms with Crippen LogP contribution in [0, 0.1) is 19.7 Å². The summed E-state index contributed by atoms with van der Waals surface area (Å²) in [6.07, 6.45) is 1.67. The molecule has 0 aliphatic rings. The molecule has 3 aromatic carbocycles. The lowest BCUT2D eigenvalue weighted by Crippen LogP contribution is -2.51. The van der Waals surface area contributed by atoms with E-state index < -0.39 is 34.3 Å². The maximum absolute atomic E-state index is 13.9. The molecule has 0 fully saturated rings. The molecule has 0 saturated heterocycles. The SMILES string of the molecule is CCCCNC(=O)[C@H](C)N(Cc1ccc(F)cc1)C(=O)CN(c1cc(Cl)ccc1C)S(=O)(=O)c1ccc(C)cc1. The molecule has 0 aromatic heterocycles. The average Bonchev–Trinajstić information content (AvgIpc) is 2.92. The van der Waals surface area contributed by atoms with Gasteiger partial charge in [0.15, 0.2) is 0 Å². The number of nitrogens with zero attached hydrogens (tertiary/aromatic N) is 2. The fourth-order valence-corrected chi connectivity index (χ4v) is 5.74. The van der Waals surface area contributed by atoms with Crippen molar-refractivity contribution >= 4 is 39.1 Å². The summed E-state index contributed by atoms with van der Waals surface area (Å²) in [6.45, 7) is 7.02. The maximum Gasteiger partial charge on any atom is 0.264 e. The molecule has 10 heteroatoms. The van der Waals surface area contributed by atoms with Crippen LogP contribution in [-0.2, 0) is 26.2 Å². The molecule has 0 unspecified atom stereocenters. The molecule has 0 heterocycles. The Morgan fingerprint density at radius 2 is 1.65 bits per heavy atom. The summed E-state index contributed by atoms with van der Waals surface area (Å²) >= 11 is 6.25.